The van der Waals surface area contributed by atoms with E-state index in [1.54, 1.807) is 13.1 Å². The number of carbonyl (C=O) groups is 1. The van der Waals surface area contributed by atoms with E-state index in [2.05, 4.69) is 22.0 Å². The molecule has 3 heteroatoms. The normalized spacial score (nSPS) is 17.2. The van der Waals surface area contributed by atoms with Crippen molar-refractivity contribution in [1.29, 1.82) is 0 Å². The van der Waals surface area contributed by atoms with E-state index >= 15 is 0 Å². The molecule has 0 saturated heterocycles. The predicted molar refractivity (Wildman–Crippen MR) is 78.2 cm³/mol. The molecule has 0 bridgehead atoms. The molecule has 3 nitrogen and oxygen atoms in total. The number of ketones is 1. The van der Waals surface area contributed by atoms with Crippen molar-refractivity contribution in [1.82, 2.24) is 4.90 Å². The Morgan fingerprint density at radius 1 is 1.37 bits per heavy atom. The average molecular weight is 256 g/mol. The Morgan fingerprint density at radius 3 is 2.74 bits per heavy atom. The fourth-order valence-corrected chi connectivity index (χ4v) is 2.40. The van der Waals surface area contributed by atoms with Gasteiger partial charge < -0.3 is 0 Å². The van der Waals surface area contributed by atoms with E-state index in [0.717, 1.165) is 30.8 Å². The Hall–Kier alpha value is -1.74. The van der Waals surface area contributed by atoms with Gasteiger partial charge in [-0.3, -0.25) is 14.7 Å². The highest BCUT2D eigenvalue weighted by molar-refractivity contribution is 5.94. The molecule has 0 amide bonds. The van der Waals surface area contributed by atoms with E-state index in [0.29, 0.717) is 6.54 Å². The van der Waals surface area contributed by atoms with Gasteiger partial charge in [0.2, 0.25) is 0 Å². The van der Waals surface area contributed by atoms with Crippen LogP contribution in [0.5, 0.6) is 0 Å². The minimum atomic E-state index is 0.137. The van der Waals surface area contributed by atoms with Crippen LogP contribution in [0.25, 0.3) is 0 Å². The zero-order valence-corrected chi connectivity index (χ0v) is 11.6. The molecule has 0 N–H and O–H groups in total. The van der Waals surface area contributed by atoms with Gasteiger partial charge in [-0.25, -0.2) is 0 Å². The topological polar surface area (TPSA) is 32.7 Å². The van der Waals surface area contributed by atoms with Crippen molar-refractivity contribution < 1.29 is 4.79 Å². The number of Topliss-reactive ketones (excluding diaryl/α,β-unsaturated/α-hetero) is 1. The molecule has 1 heterocycles. The number of rotatable bonds is 4. The van der Waals surface area contributed by atoms with E-state index < -0.39 is 0 Å². The van der Waals surface area contributed by atoms with E-state index in [4.69, 9.17) is 0 Å². The highest BCUT2D eigenvalue weighted by Crippen LogP contribution is 2.21. The van der Waals surface area contributed by atoms with E-state index in [1.165, 1.54) is 5.56 Å². The van der Waals surface area contributed by atoms with Crippen LogP contribution in [0.2, 0.25) is 0 Å². The summed E-state index contributed by atoms with van der Waals surface area (Å²) in [5.74, 6) is 0.137. The minimum absolute atomic E-state index is 0.137. The van der Waals surface area contributed by atoms with Crippen molar-refractivity contribution in [2.45, 2.75) is 26.8 Å². The standard InChI is InChI=1S/C16H20N2O/c1-3-17-16-9-10-18(12-15(16)13(2)19)11-14-7-5-4-6-8-14/h3-8H,9-12H2,1-2H3. The lowest BCUT2D eigenvalue weighted by Crippen LogP contribution is -2.33. The van der Waals surface area contributed by atoms with Gasteiger partial charge in [-0.15, -0.1) is 0 Å². The molecule has 0 radical (unpaired) electrons. The van der Waals surface area contributed by atoms with Crippen LogP contribution in [0.4, 0.5) is 0 Å². The average Bonchev–Trinajstić information content (AvgIpc) is 2.42. The smallest absolute Gasteiger partial charge is 0.158 e. The van der Waals surface area contributed by atoms with Crippen molar-refractivity contribution in [3.05, 3.63) is 47.2 Å². The summed E-state index contributed by atoms with van der Waals surface area (Å²) in [6, 6.07) is 10.4. The van der Waals surface area contributed by atoms with Gasteiger partial charge in [0.1, 0.15) is 0 Å². The summed E-state index contributed by atoms with van der Waals surface area (Å²) in [5.41, 5.74) is 3.10. The summed E-state index contributed by atoms with van der Waals surface area (Å²) in [5, 5.41) is 0. The summed E-state index contributed by atoms with van der Waals surface area (Å²) in [6.45, 7) is 6.07. The predicted octanol–water partition coefficient (Wildman–Crippen LogP) is 2.83. The molecule has 0 saturated carbocycles. The number of benzene rings is 1. The van der Waals surface area contributed by atoms with Gasteiger partial charge >= 0.3 is 0 Å². The van der Waals surface area contributed by atoms with E-state index in [1.807, 2.05) is 25.1 Å². The lowest BCUT2D eigenvalue weighted by molar-refractivity contribution is -0.114. The molecule has 0 aliphatic carbocycles. The SMILES string of the molecule is CC=NC1=C(C(C)=O)CN(Cc2ccccc2)CC1. The van der Waals surface area contributed by atoms with Gasteiger partial charge in [0.05, 0.1) is 0 Å². The van der Waals surface area contributed by atoms with Crippen LogP contribution in [-0.2, 0) is 11.3 Å². The number of carbonyl (C=O) groups excluding carboxylic acids is 1. The second-order valence-electron chi connectivity index (χ2n) is 4.81. The van der Waals surface area contributed by atoms with Gasteiger partial charge in [-0.2, -0.15) is 0 Å². The highest BCUT2D eigenvalue weighted by Gasteiger charge is 2.21. The highest BCUT2D eigenvalue weighted by atomic mass is 16.1. The van der Waals surface area contributed by atoms with Gasteiger partial charge in [-0.1, -0.05) is 30.3 Å². The maximum absolute atomic E-state index is 11.7. The van der Waals surface area contributed by atoms with Crippen LogP contribution < -0.4 is 0 Å². The number of aliphatic imine (C=N–C) groups is 1. The van der Waals surface area contributed by atoms with Crippen LogP contribution in [0.15, 0.2) is 46.6 Å². The quantitative estimate of drug-likeness (QED) is 0.776. The van der Waals surface area contributed by atoms with Crippen molar-refractivity contribution in [2.24, 2.45) is 4.99 Å². The fourth-order valence-electron chi connectivity index (χ4n) is 2.40. The van der Waals surface area contributed by atoms with Crippen LogP contribution in [-0.4, -0.2) is 30.0 Å². The lowest BCUT2D eigenvalue weighted by Gasteiger charge is -2.28. The van der Waals surface area contributed by atoms with Gasteiger partial charge in [0.25, 0.3) is 0 Å². The lowest BCUT2D eigenvalue weighted by atomic mass is 10.0. The van der Waals surface area contributed by atoms with Crippen LogP contribution in [0.3, 0.4) is 0 Å². The molecule has 1 aromatic carbocycles. The van der Waals surface area contributed by atoms with E-state index in [9.17, 15) is 4.79 Å². The Morgan fingerprint density at radius 2 is 2.11 bits per heavy atom. The largest absolute Gasteiger partial charge is 0.295 e. The molecule has 0 aromatic heterocycles. The maximum atomic E-state index is 11.7. The third-order valence-corrected chi connectivity index (χ3v) is 3.35. The van der Waals surface area contributed by atoms with E-state index in [-0.39, 0.29) is 5.78 Å². The fraction of sp³-hybridized carbons (Fsp3) is 0.375. The third kappa shape index (κ3) is 3.61. The molecule has 0 spiro atoms. The molecule has 100 valence electrons. The minimum Gasteiger partial charge on any atom is -0.295 e. The number of nitrogens with zero attached hydrogens (tertiary/aromatic N) is 2. The Balaban J connectivity index is 2.11. The summed E-state index contributed by atoms with van der Waals surface area (Å²) < 4.78 is 0. The summed E-state index contributed by atoms with van der Waals surface area (Å²) in [4.78, 5) is 18.4. The summed E-state index contributed by atoms with van der Waals surface area (Å²) in [7, 11) is 0. The summed E-state index contributed by atoms with van der Waals surface area (Å²) >= 11 is 0. The van der Waals surface area contributed by atoms with Gasteiger partial charge in [0.15, 0.2) is 5.78 Å². The van der Waals surface area contributed by atoms with Crippen LogP contribution >= 0.6 is 0 Å². The number of hydrogen-bond donors (Lipinski definition) is 0. The summed E-state index contributed by atoms with van der Waals surface area (Å²) in [6.07, 6.45) is 2.62. The van der Waals surface area contributed by atoms with Gasteiger partial charge in [0, 0.05) is 43.5 Å². The molecular formula is C16H20N2O. The van der Waals surface area contributed by atoms with Crippen LogP contribution in [0.1, 0.15) is 25.8 Å². The first kappa shape index (κ1) is 13.7. The van der Waals surface area contributed by atoms with Crippen LogP contribution in [0, 0.1) is 0 Å². The second kappa shape index (κ2) is 6.43. The molecule has 1 aromatic rings. The molecule has 1 aliphatic heterocycles. The monoisotopic (exact) mass is 256 g/mol. The van der Waals surface area contributed by atoms with Crippen molar-refractivity contribution in [2.75, 3.05) is 13.1 Å². The zero-order valence-electron chi connectivity index (χ0n) is 11.6. The Bertz CT molecular complexity index is 503. The van der Waals surface area contributed by atoms with Crippen molar-refractivity contribution in [3.8, 4) is 0 Å². The molecule has 0 unspecified atom stereocenters. The van der Waals surface area contributed by atoms with Crippen molar-refractivity contribution >= 4 is 12.0 Å². The first-order valence-electron chi connectivity index (χ1n) is 6.68. The zero-order chi connectivity index (χ0) is 13.7. The Kier molecular flexibility index (Phi) is 4.63. The molecular weight excluding hydrogens is 236 g/mol. The maximum Gasteiger partial charge on any atom is 0.158 e. The molecule has 1 aliphatic rings. The molecule has 19 heavy (non-hydrogen) atoms. The number of hydrogen-bond acceptors (Lipinski definition) is 3. The Labute approximate surface area is 114 Å². The first-order valence-corrected chi connectivity index (χ1v) is 6.68. The van der Waals surface area contributed by atoms with Crippen molar-refractivity contribution in [3.63, 3.8) is 0 Å². The second-order valence-corrected chi connectivity index (χ2v) is 4.81. The molecule has 0 atom stereocenters. The third-order valence-electron chi connectivity index (χ3n) is 3.35. The van der Waals surface area contributed by atoms with Gasteiger partial charge in [-0.05, 0) is 19.4 Å². The first-order chi connectivity index (χ1) is 9.20. The molecule has 0 fully saturated rings. The molecule has 2 rings (SSSR count).